The Kier molecular flexibility index (Phi) is 0.497. The van der Waals surface area contributed by atoms with Crippen molar-refractivity contribution < 1.29 is 18.4 Å². The van der Waals surface area contributed by atoms with Crippen LogP contribution in [0.1, 0.15) is 14.7 Å². The van der Waals surface area contributed by atoms with Crippen LogP contribution in [-0.4, -0.2) is 11.1 Å². The molecule has 1 rings (SSSR count). The first-order chi connectivity index (χ1) is 5.04. The molecule has 42 valence electrons. The van der Waals surface area contributed by atoms with Crippen LogP contribution in [0.3, 0.4) is 0 Å². The van der Waals surface area contributed by atoms with Gasteiger partial charge in [-0.1, -0.05) is 0 Å². The van der Waals surface area contributed by atoms with Gasteiger partial charge in [0.15, 0.2) is 0 Å². The van der Waals surface area contributed by atoms with Gasteiger partial charge in [-0.05, 0) is 12.1 Å². The number of carboxylic acids is 1. The highest BCUT2D eigenvalue weighted by Crippen LogP contribution is 1.97. The van der Waals surface area contributed by atoms with Gasteiger partial charge in [-0.15, -0.1) is 0 Å². The fourth-order valence-electron chi connectivity index (χ4n) is 0.281. The second kappa shape index (κ2) is 1.69. The maximum atomic E-state index is 10.2. The first kappa shape index (κ1) is 2.35. The Balaban J connectivity index is 3.29. The summed E-state index contributed by atoms with van der Waals surface area (Å²) in [7, 11) is 0. The van der Waals surface area contributed by atoms with Gasteiger partial charge in [0.2, 0.25) is 5.76 Å². The fraction of sp³-hybridized carbons (Fsp3) is 0. The molecule has 3 nitrogen and oxygen atoms in total. The minimum absolute atomic E-state index is 0.498. The first-order valence-electron chi connectivity index (χ1n) is 3.34. The van der Waals surface area contributed by atoms with Gasteiger partial charge in [0.25, 0.3) is 0 Å². The van der Waals surface area contributed by atoms with Crippen molar-refractivity contribution in [2.75, 3.05) is 0 Å². The Bertz CT molecular complexity index is 304. The Morgan fingerprint density at radius 2 is 2.75 bits per heavy atom. The molecule has 0 atom stereocenters. The van der Waals surface area contributed by atoms with E-state index in [-0.39, 0.29) is 0 Å². The molecule has 0 aromatic carbocycles. The average Bonchev–Trinajstić information content (AvgIpc) is 2.17. The van der Waals surface area contributed by atoms with E-state index in [0.29, 0.717) is 0 Å². The smallest absolute Gasteiger partial charge is 0.371 e. The molecule has 0 saturated heterocycles. The van der Waals surface area contributed by atoms with Crippen molar-refractivity contribution in [1.29, 1.82) is 0 Å². The van der Waals surface area contributed by atoms with E-state index in [1.165, 1.54) is 0 Å². The molecule has 0 fully saturated rings. The average molecular weight is 115 g/mol. The quantitative estimate of drug-likeness (QED) is 0.593. The summed E-state index contributed by atoms with van der Waals surface area (Å²) in [5.41, 5.74) is 0. The summed E-state index contributed by atoms with van der Waals surface area (Å²) in [6.45, 7) is 0. The van der Waals surface area contributed by atoms with E-state index >= 15 is 0 Å². The maximum absolute atomic E-state index is 10.2. The number of hydrogen-bond donors (Lipinski definition) is 1. The zero-order valence-electron chi connectivity index (χ0n) is 6.76. The fourth-order valence-corrected chi connectivity index (χ4v) is 0.281. The summed E-state index contributed by atoms with van der Waals surface area (Å²) < 4.78 is 25.0. The molecule has 0 bridgehead atoms. The van der Waals surface area contributed by atoms with E-state index < -0.39 is 30.1 Å². The van der Waals surface area contributed by atoms with Crippen molar-refractivity contribution in [3.63, 3.8) is 0 Å². The van der Waals surface area contributed by atoms with E-state index in [0.717, 1.165) is 0 Å². The second-order valence-corrected chi connectivity index (χ2v) is 1.09. The van der Waals surface area contributed by atoms with Gasteiger partial charge in [-0.2, -0.15) is 0 Å². The van der Waals surface area contributed by atoms with Crippen LogP contribution in [-0.2, 0) is 0 Å². The Labute approximate surface area is 49.8 Å². The molecular formula is C5H4O3. The van der Waals surface area contributed by atoms with Crippen LogP contribution in [0.5, 0.6) is 0 Å². The molecule has 0 spiro atoms. The molecule has 1 N–H and O–H groups in total. The van der Waals surface area contributed by atoms with Gasteiger partial charge in [0.05, 0.1) is 8.98 Å². The monoisotopic (exact) mass is 115 g/mol. The van der Waals surface area contributed by atoms with Gasteiger partial charge in [-0.25, -0.2) is 4.79 Å². The van der Waals surface area contributed by atoms with E-state index in [1.807, 2.05) is 0 Å². The van der Waals surface area contributed by atoms with Gasteiger partial charge >= 0.3 is 5.97 Å². The van der Waals surface area contributed by atoms with E-state index in [9.17, 15) is 4.79 Å². The summed E-state index contributed by atoms with van der Waals surface area (Å²) in [6.07, 6.45) is -0.590. The Morgan fingerprint density at radius 3 is 3.00 bits per heavy atom. The predicted molar refractivity (Wildman–Crippen MR) is 25.7 cm³/mol. The van der Waals surface area contributed by atoms with Crippen LogP contribution in [0.4, 0.5) is 0 Å². The summed E-state index contributed by atoms with van der Waals surface area (Å²) in [5, 5.41) is 8.32. The molecule has 0 amide bonds. The molecule has 3 heteroatoms. The lowest BCUT2D eigenvalue weighted by molar-refractivity contribution is 0.0662. The molecule has 1 heterocycles. The summed E-state index contributed by atoms with van der Waals surface area (Å²) in [5.74, 6) is -2.08. The molecule has 0 saturated carbocycles. The predicted octanol–water partition coefficient (Wildman–Crippen LogP) is 0.978. The van der Waals surface area contributed by atoms with Crippen LogP contribution in [0.25, 0.3) is 0 Å². The molecule has 0 radical (unpaired) electrons. The zero-order valence-corrected chi connectivity index (χ0v) is 3.76. The minimum Gasteiger partial charge on any atom is -0.475 e. The first-order valence-corrected chi connectivity index (χ1v) is 1.84. The lowest BCUT2D eigenvalue weighted by atomic mass is 10.5. The number of carbonyl (C=O) groups is 1. The highest BCUT2D eigenvalue weighted by molar-refractivity contribution is 5.84. The van der Waals surface area contributed by atoms with Crippen molar-refractivity contribution in [3.8, 4) is 0 Å². The number of rotatable bonds is 1. The largest absolute Gasteiger partial charge is 0.475 e. The molecule has 0 unspecified atom stereocenters. The van der Waals surface area contributed by atoms with Gasteiger partial charge in [0.1, 0.15) is 1.37 Å². The van der Waals surface area contributed by atoms with Crippen molar-refractivity contribution in [1.82, 2.24) is 0 Å². The van der Waals surface area contributed by atoms with E-state index in [1.54, 1.807) is 0 Å². The van der Waals surface area contributed by atoms with Crippen molar-refractivity contribution in [2.24, 2.45) is 0 Å². The third kappa shape index (κ3) is 0.703. The van der Waals surface area contributed by atoms with Gasteiger partial charge in [0, 0.05) is 0 Å². The highest BCUT2D eigenvalue weighted by Gasteiger charge is 2.01. The van der Waals surface area contributed by atoms with Crippen LogP contribution in [0.2, 0.25) is 0 Å². The van der Waals surface area contributed by atoms with Gasteiger partial charge < -0.3 is 9.52 Å². The van der Waals surface area contributed by atoms with Crippen molar-refractivity contribution >= 4 is 5.97 Å². The van der Waals surface area contributed by atoms with Gasteiger partial charge in [-0.3, -0.25) is 0 Å². The standard InChI is InChI=1S/C5H4O3/c6-5(7)4-2-1-3-8-4/h1-3H,(H,6,7)/i1D,2D,3D. The summed E-state index contributed by atoms with van der Waals surface area (Å²) in [4.78, 5) is 10.2. The van der Waals surface area contributed by atoms with Crippen molar-refractivity contribution in [2.45, 2.75) is 0 Å². The molecular weight excluding hydrogens is 108 g/mol. The van der Waals surface area contributed by atoms with Crippen LogP contribution in [0, 0.1) is 0 Å². The third-order valence-electron chi connectivity index (χ3n) is 0.574. The highest BCUT2D eigenvalue weighted by atomic mass is 16.4. The number of furan rings is 1. The summed E-state index contributed by atoms with van der Waals surface area (Å²) in [6, 6.07) is -1.05. The minimum atomic E-state index is -1.43. The third-order valence-corrected chi connectivity index (χ3v) is 0.574. The lowest BCUT2D eigenvalue weighted by Crippen LogP contribution is -1.90. The topological polar surface area (TPSA) is 50.4 Å². The van der Waals surface area contributed by atoms with Crippen molar-refractivity contribution in [3.05, 3.63) is 24.1 Å². The molecule has 1 aromatic heterocycles. The Morgan fingerprint density at radius 1 is 2.00 bits per heavy atom. The molecule has 0 aliphatic heterocycles. The number of hydrogen-bond acceptors (Lipinski definition) is 2. The lowest BCUT2D eigenvalue weighted by Gasteiger charge is -1.79. The molecule has 1 aromatic rings. The SMILES string of the molecule is [2H]c1oc(C(=O)O)c([2H])c1[2H]. The van der Waals surface area contributed by atoms with E-state index in [2.05, 4.69) is 4.42 Å². The number of carboxylic acid groups (broad SMARTS) is 1. The maximum Gasteiger partial charge on any atom is 0.371 e. The number of aromatic carboxylic acids is 1. The normalized spacial score (nSPS) is 14.2. The second-order valence-electron chi connectivity index (χ2n) is 1.09. The van der Waals surface area contributed by atoms with E-state index in [4.69, 9.17) is 9.22 Å². The zero-order chi connectivity index (χ0) is 8.59. The summed E-state index contributed by atoms with van der Waals surface area (Å²) >= 11 is 0. The van der Waals surface area contributed by atoms with Crippen LogP contribution >= 0.6 is 0 Å². The Hall–Kier alpha value is -1.25. The molecule has 0 aliphatic carbocycles. The van der Waals surface area contributed by atoms with Crippen LogP contribution < -0.4 is 0 Å². The van der Waals surface area contributed by atoms with Crippen LogP contribution in [0.15, 0.2) is 22.7 Å². The molecule has 8 heavy (non-hydrogen) atoms. The molecule has 0 aliphatic rings.